The van der Waals surface area contributed by atoms with Gasteiger partial charge < -0.3 is 14.2 Å². The third-order valence-electron chi connectivity index (χ3n) is 5.75. The van der Waals surface area contributed by atoms with Crippen LogP contribution in [0.25, 0.3) is 0 Å². The molecule has 0 spiro atoms. The monoisotopic (exact) mass is 514 g/mol. The Bertz CT molecular complexity index is 1400. The SMILES string of the molecule is Cc1ccc(C(=O)Cc2cccnc2)c(O)c1.Cc1ccc2c(c1)OCC(c1cccnc1)C2=O.[3H]B(C)F. The van der Waals surface area contributed by atoms with Crippen molar-refractivity contribution < 1.29 is 23.7 Å². The number of carbonyl (C=O) groups excluding carboxylic acids is 2. The van der Waals surface area contributed by atoms with Gasteiger partial charge in [0.15, 0.2) is 11.6 Å². The molecular weight excluding hydrogens is 482 g/mol. The summed E-state index contributed by atoms with van der Waals surface area (Å²) in [6.07, 6.45) is 7.00. The summed E-state index contributed by atoms with van der Waals surface area (Å²) in [5.41, 5.74) is 4.81. The van der Waals surface area contributed by atoms with Crippen molar-refractivity contribution in [1.29, 1.82) is 1.34 Å². The zero-order valence-corrected chi connectivity index (χ0v) is 21.6. The molecule has 0 radical (unpaired) electrons. The molecule has 1 aliphatic rings. The van der Waals surface area contributed by atoms with Crippen LogP contribution in [0.2, 0.25) is 6.82 Å². The van der Waals surface area contributed by atoms with E-state index in [9.17, 15) is 19.0 Å². The molecule has 1 N–H and O–H groups in total. The number of aromatic hydroxyl groups is 1. The normalized spacial score (nSPS) is 13.8. The van der Waals surface area contributed by atoms with E-state index in [1.165, 1.54) is 6.82 Å². The minimum atomic E-state index is -1.42. The summed E-state index contributed by atoms with van der Waals surface area (Å²) in [6.45, 7) is 5.41. The third-order valence-corrected chi connectivity index (χ3v) is 5.75. The Morgan fingerprint density at radius 1 is 1.08 bits per heavy atom. The number of Topliss-reactive ketones (excluding diaryl/α,β-unsaturated/α-hetero) is 2. The van der Waals surface area contributed by atoms with Gasteiger partial charge in [-0.25, -0.2) is 0 Å². The van der Waals surface area contributed by atoms with Gasteiger partial charge >= 0.3 is 7.52 Å². The summed E-state index contributed by atoms with van der Waals surface area (Å²) in [5, 5.41) is 9.70. The summed E-state index contributed by atoms with van der Waals surface area (Å²) in [6, 6.07) is 18.1. The van der Waals surface area contributed by atoms with Gasteiger partial charge in [0, 0.05) is 32.5 Å². The summed E-state index contributed by atoms with van der Waals surface area (Å²) >= 11 is 0. The van der Waals surface area contributed by atoms with Crippen molar-refractivity contribution in [3.05, 3.63) is 119 Å². The molecule has 0 amide bonds. The number of ether oxygens (including phenoxy) is 1. The van der Waals surface area contributed by atoms with Crippen molar-refractivity contribution >= 4 is 19.1 Å². The van der Waals surface area contributed by atoms with E-state index in [2.05, 4.69) is 9.97 Å². The fourth-order valence-corrected chi connectivity index (χ4v) is 3.88. The van der Waals surface area contributed by atoms with Crippen LogP contribution in [0.15, 0.2) is 85.5 Å². The molecule has 0 bridgehead atoms. The van der Waals surface area contributed by atoms with E-state index >= 15 is 0 Å². The third kappa shape index (κ3) is 7.59. The van der Waals surface area contributed by atoms with Crippen molar-refractivity contribution in [3.8, 4) is 11.5 Å². The molecule has 0 saturated heterocycles. The van der Waals surface area contributed by atoms with Gasteiger partial charge in [-0.15, -0.1) is 0 Å². The summed E-state index contributed by atoms with van der Waals surface area (Å²) in [5.74, 6) is 0.507. The number of halogens is 1. The first kappa shape index (κ1) is 26.7. The Balaban J connectivity index is 0.000000190. The summed E-state index contributed by atoms with van der Waals surface area (Å²) in [4.78, 5) is 32.4. The molecule has 0 aliphatic carbocycles. The maximum Gasteiger partial charge on any atom is 0.328 e. The van der Waals surface area contributed by atoms with E-state index in [4.69, 9.17) is 6.07 Å². The van der Waals surface area contributed by atoms with Crippen LogP contribution in [0.4, 0.5) is 4.32 Å². The molecule has 1 aliphatic heterocycles. The van der Waals surface area contributed by atoms with E-state index < -0.39 is 7.52 Å². The number of hydrogen-bond acceptors (Lipinski definition) is 6. The highest BCUT2D eigenvalue weighted by Gasteiger charge is 2.30. The number of aromatic nitrogens is 2. The van der Waals surface area contributed by atoms with Gasteiger partial charge in [-0.3, -0.25) is 19.6 Å². The second-order valence-electron chi connectivity index (χ2n) is 8.71. The maximum absolute atomic E-state index is 12.4. The molecule has 1 unspecified atom stereocenters. The topological polar surface area (TPSA) is 89.4 Å². The standard InChI is InChI=1S/C15H13NO2.C14H13NO2.CH4BF/c1-10-4-5-12-14(7-10)18-9-13(15(12)17)11-3-2-6-16-8-11;1-10-4-5-12(13(16)7-10)14(17)8-11-3-2-6-15-9-11;1-2-3/h2-8,13H,9H2,1H3;2-7,9,16H,8H2,1H3;2H,1H3/i;;2T. The predicted molar refractivity (Wildman–Crippen MR) is 147 cm³/mol. The highest BCUT2D eigenvalue weighted by molar-refractivity contribution is 6.23. The first-order valence-corrected chi connectivity index (χ1v) is 12.1. The summed E-state index contributed by atoms with van der Waals surface area (Å²) < 4.78 is 22.3. The van der Waals surface area contributed by atoms with Crippen molar-refractivity contribution in [2.75, 3.05) is 6.61 Å². The molecular formula is C30H30BFN2O4. The van der Waals surface area contributed by atoms with Gasteiger partial charge in [0.2, 0.25) is 0 Å². The number of fused-ring (bicyclic) bond motifs is 1. The molecule has 0 saturated carbocycles. The lowest BCUT2D eigenvalue weighted by Gasteiger charge is -2.24. The van der Waals surface area contributed by atoms with Gasteiger partial charge in [0.25, 0.3) is 0 Å². The molecule has 2 aromatic heterocycles. The molecule has 8 heteroatoms. The molecule has 2 aromatic carbocycles. The minimum Gasteiger partial charge on any atom is -0.507 e. The highest BCUT2D eigenvalue weighted by atomic mass is 19.1. The maximum atomic E-state index is 12.4. The number of hydrogen-bond donors (Lipinski definition) is 1. The number of carbonyl (C=O) groups is 2. The average Bonchev–Trinajstić information content (AvgIpc) is 2.90. The number of phenolic OH excluding ortho intramolecular Hbond substituents is 1. The number of pyridine rings is 2. The smallest absolute Gasteiger partial charge is 0.328 e. The fourth-order valence-electron chi connectivity index (χ4n) is 3.88. The minimum absolute atomic E-state index is 0.0406. The second-order valence-corrected chi connectivity index (χ2v) is 8.71. The van der Waals surface area contributed by atoms with Gasteiger partial charge in [0.1, 0.15) is 18.1 Å². The van der Waals surface area contributed by atoms with Crippen LogP contribution >= 0.6 is 0 Å². The zero-order valence-electron chi connectivity index (χ0n) is 22.6. The van der Waals surface area contributed by atoms with Crippen molar-refractivity contribution in [2.45, 2.75) is 33.0 Å². The van der Waals surface area contributed by atoms with Crippen LogP contribution in [-0.4, -0.2) is 42.1 Å². The van der Waals surface area contributed by atoms with Crippen LogP contribution in [0, 0.1) is 13.8 Å². The molecule has 3 heterocycles. The Kier molecular flexibility index (Phi) is 9.73. The van der Waals surface area contributed by atoms with Gasteiger partial charge in [-0.2, -0.15) is 0 Å². The first-order chi connectivity index (χ1) is 18.7. The van der Waals surface area contributed by atoms with Crippen LogP contribution in [-0.2, 0) is 6.42 Å². The summed E-state index contributed by atoms with van der Waals surface area (Å²) in [7, 11) is -1.42. The van der Waals surface area contributed by atoms with Gasteiger partial charge in [-0.1, -0.05) is 31.1 Å². The number of ketones is 2. The first-order valence-electron chi connectivity index (χ1n) is 12.7. The molecule has 5 rings (SSSR count). The Hall–Kier alpha value is -4.33. The molecule has 6 nitrogen and oxygen atoms in total. The van der Waals surface area contributed by atoms with E-state index in [1.807, 2.05) is 56.3 Å². The lowest BCUT2D eigenvalue weighted by atomic mass is 9.89. The molecule has 194 valence electrons. The quantitative estimate of drug-likeness (QED) is 0.281. The lowest BCUT2D eigenvalue weighted by Crippen LogP contribution is -2.26. The zero-order chi connectivity index (χ0) is 28.4. The largest absolute Gasteiger partial charge is 0.507 e. The van der Waals surface area contributed by atoms with E-state index in [0.29, 0.717) is 23.5 Å². The van der Waals surface area contributed by atoms with E-state index in [-0.39, 0.29) is 29.7 Å². The Morgan fingerprint density at radius 3 is 2.37 bits per heavy atom. The lowest BCUT2D eigenvalue weighted by molar-refractivity contribution is 0.0895. The van der Waals surface area contributed by atoms with Crippen LogP contribution in [0.1, 0.15) is 48.9 Å². The number of benzene rings is 2. The predicted octanol–water partition coefficient (Wildman–Crippen LogP) is 5.63. The van der Waals surface area contributed by atoms with Crippen molar-refractivity contribution in [1.82, 2.24) is 9.97 Å². The van der Waals surface area contributed by atoms with Crippen LogP contribution < -0.4 is 4.74 Å². The number of nitrogens with zero attached hydrogens (tertiary/aromatic N) is 2. The Labute approximate surface area is 224 Å². The van der Waals surface area contributed by atoms with Gasteiger partial charge in [-0.05, 0) is 72.5 Å². The van der Waals surface area contributed by atoms with E-state index in [0.717, 1.165) is 22.3 Å². The van der Waals surface area contributed by atoms with Crippen molar-refractivity contribution in [3.63, 3.8) is 0 Å². The second kappa shape index (κ2) is 13.8. The number of phenols is 1. The van der Waals surface area contributed by atoms with Gasteiger partial charge in [0.05, 0.1) is 17.0 Å². The molecule has 0 fully saturated rings. The number of aryl methyl sites for hydroxylation is 2. The van der Waals surface area contributed by atoms with Crippen LogP contribution in [0.3, 0.4) is 0 Å². The van der Waals surface area contributed by atoms with E-state index in [1.54, 1.807) is 43.0 Å². The van der Waals surface area contributed by atoms with Crippen LogP contribution in [0.5, 0.6) is 11.5 Å². The Morgan fingerprint density at radius 2 is 1.74 bits per heavy atom. The average molecular weight is 514 g/mol. The van der Waals surface area contributed by atoms with Crippen molar-refractivity contribution in [2.24, 2.45) is 0 Å². The molecule has 1 atom stereocenters. The highest BCUT2D eigenvalue weighted by Crippen LogP contribution is 2.32. The molecule has 38 heavy (non-hydrogen) atoms. The number of rotatable bonds is 4. The fraction of sp³-hybridized carbons (Fsp3) is 0.200. The molecule has 4 aromatic rings.